The van der Waals surface area contributed by atoms with E-state index in [0.29, 0.717) is 39.6 Å². The summed E-state index contributed by atoms with van der Waals surface area (Å²) in [6.45, 7) is 22.0. The minimum atomic E-state index is -4.01. The van der Waals surface area contributed by atoms with Crippen LogP contribution in [0.25, 0.3) is 0 Å². The van der Waals surface area contributed by atoms with Crippen LogP contribution in [-0.4, -0.2) is 39.6 Å². The fraction of sp³-hybridized carbons (Fsp3) is 0.704. The van der Waals surface area contributed by atoms with E-state index in [2.05, 4.69) is 13.5 Å². The molecule has 0 aromatic heterocycles. The Morgan fingerprint density at radius 2 is 1.17 bits per heavy atom. The van der Waals surface area contributed by atoms with Crippen molar-refractivity contribution in [1.82, 2.24) is 0 Å². The Balaban J connectivity index is 0.000000669. The second-order valence-corrected chi connectivity index (χ2v) is 25.5. The van der Waals surface area contributed by atoms with E-state index in [1.807, 2.05) is 78.0 Å². The molecule has 0 bridgehead atoms. The molecule has 0 atom stereocenters. The molecule has 8 heteroatoms. The maximum absolute atomic E-state index is 6.21. The molecule has 205 valence electrons. The normalized spacial score (nSPS) is 12.9. The summed E-state index contributed by atoms with van der Waals surface area (Å²) >= 11 is -7.51. The number of hydrogen-bond donors (Lipinski definition) is 0. The molecule has 35 heavy (non-hydrogen) atoms. The zero-order valence-corrected chi connectivity index (χ0v) is 28.5. The Morgan fingerprint density at radius 3 is 1.54 bits per heavy atom. The predicted molar refractivity (Wildman–Crippen MR) is 140 cm³/mol. The molecular formula is C27H53O6Zr2. The molecule has 6 nitrogen and oxygen atoms in total. The fourth-order valence-corrected chi connectivity index (χ4v) is 21.9. The third kappa shape index (κ3) is 12.3. The van der Waals surface area contributed by atoms with Crippen molar-refractivity contribution in [1.29, 1.82) is 0 Å². The van der Waals surface area contributed by atoms with Crippen LogP contribution in [0, 0.1) is 0 Å². The molecule has 0 aliphatic carbocycles. The quantitative estimate of drug-likeness (QED) is 0.107. The van der Waals surface area contributed by atoms with E-state index in [1.54, 1.807) is 0 Å². The number of unbranched alkanes of at least 4 members (excludes halogenated alkanes) is 3. The van der Waals surface area contributed by atoms with Gasteiger partial charge in [-0.25, -0.2) is 0 Å². The van der Waals surface area contributed by atoms with Crippen LogP contribution in [0.3, 0.4) is 0 Å². The van der Waals surface area contributed by atoms with Gasteiger partial charge in [-0.3, -0.25) is 0 Å². The summed E-state index contributed by atoms with van der Waals surface area (Å²) in [5.74, 6) is 0. The van der Waals surface area contributed by atoms with Gasteiger partial charge in [0.1, 0.15) is 0 Å². The third-order valence-electron chi connectivity index (χ3n) is 5.58. The second-order valence-electron chi connectivity index (χ2n) is 8.19. The number of hydrogen-bond acceptors (Lipinski definition) is 6. The third-order valence-corrected chi connectivity index (χ3v) is 25.8. The molecule has 0 radical (unpaired) electrons. The molecular weight excluding hydrogens is 603 g/mol. The van der Waals surface area contributed by atoms with Crippen LogP contribution in [0.15, 0.2) is 43.0 Å². The molecule has 1 aromatic carbocycles. The van der Waals surface area contributed by atoms with Crippen molar-refractivity contribution in [3.63, 3.8) is 0 Å². The summed E-state index contributed by atoms with van der Waals surface area (Å²) in [5.41, 5.74) is 0. The van der Waals surface area contributed by atoms with E-state index in [9.17, 15) is 0 Å². The van der Waals surface area contributed by atoms with Gasteiger partial charge in [0, 0.05) is 0 Å². The first kappa shape index (κ1) is 35.5. The van der Waals surface area contributed by atoms with E-state index in [0.717, 1.165) is 17.9 Å². The fourth-order valence-electron chi connectivity index (χ4n) is 4.35. The molecule has 1 aromatic rings. The van der Waals surface area contributed by atoms with Crippen molar-refractivity contribution in [2.24, 2.45) is 0 Å². The van der Waals surface area contributed by atoms with Crippen LogP contribution in [0.5, 0.6) is 0 Å². The molecule has 0 saturated carbocycles. The van der Waals surface area contributed by atoms with Crippen LogP contribution >= 0.6 is 0 Å². The van der Waals surface area contributed by atoms with Gasteiger partial charge in [-0.05, 0) is 0 Å². The molecule has 1 rings (SSSR count). The van der Waals surface area contributed by atoms with E-state index in [1.165, 1.54) is 19.3 Å². The SMILES string of the molecule is C=C[CH2][Zr]([CH2]CCCCC)([O]CC)([O]CC)[O]CC.CC[O][Zr]([O]CC)([O]CC)[c]1ccccc1. The zero-order valence-electron chi connectivity index (χ0n) is 23.6. The van der Waals surface area contributed by atoms with Gasteiger partial charge in [0.2, 0.25) is 0 Å². The number of rotatable bonds is 20. The first-order chi connectivity index (χ1) is 16.9. The van der Waals surface area contributed by atoms with Crippen molar-refractivity contribution in [3.05, 3.63) is 43.0 Å². The van der Waals surface area contributed by atoms with Crippen LogP contribution in [0.1, 0.15) is 74.1 Å². The second kappa shape index (κ2) is 20.4. The summed E-state index contributed by atoms with van der Waals surface area (Å²) in [4.78, 5) is 0. The Labute approximate surface area is 225 Å². The van der Waals surface area contributed by atoms with Gasteiger partial charge < -0.3 is 0 Å². The van der Waals surface area contributed by atoms with Crippen LogP contribution in [-0.2, 0) is 58.6 Å². The van der Waals surface area contributed by atoms with Gasteiger partial charge in [0.25, 0.3) is 0 Å². The minimum absolute atomic E-state index is 0.630. The molecule has 0 aliphatic heterocycles. The molecule has 0 heterocycles. The molecule has 0 fully saturated rings. The zero-order chi connectivity index (χ0) is 26.5. The molecule has 0 spiro atoms. The van der Waals surface area contributed by atoms with Gasteiger partial charge in [-0.1, -0.05) is 0 Å². The van der Waals surface area contributed by atoms with E-state index in [-0.39, 0.29) is 0 Å². The van der Waals surface area contributed by atoms with Crippen molar-refractivity contribution >= 4 is 3.27 Å². The Morgan fingerprint density at radius 1 is 0.686 bits per heavy atom. The van der Waals surface area contributed by atoms with Gasteiger partial charge in [0.15, 0.2) is 0 Å². The molecule has 0 saturated heterocycles. The maximum atomic E-state index is 6.21. The Kier molecular flexibility index (Phi) is 20.7. The van der Waals surface area contributed by atoms with E-state index >= 15 is 0 Å². The molecule has 0 unspecified atom stereocenters. The summed E-state index contributed by atoms with van der Waals surface area (Å²) < 4.78 is 39.1. The standard InChI is InChI=1S/C6H5.C6H13.C3H5.6C2H5O.2Zr/c1-2-4-6-5-3-1;1-3-5-6-4-2;1-3-2;6*1-2-3;;/h1-5H;1,3-6H2,2H3;3H,1-2H2;6*2H2,1H3;;/q;;;6*-1;2*+3. The summed E-state index contributed by atoms with van der Waals surface area (Å²) in [6, 6.07) is 10.1. The average molecular weight is 656 g/mol. The van der Waals surface area contributed by atoms with Crippen molar-refractivity contribution in [2.75, 3.05) is 39.6 Å². The van der Waals surface area contributed by atoms with Crippen LogP contribution in [0.4, 0.5) is 0 Å². The summed E-state index contributed by atoms with van der Waals surface area (Å²) in [7, 11) is 0. The molecule has 0 aliphatic rings. The molecule has 0 N–H and O–H groups in total. The topological polar surface area (TPSA) is 55.4 Å². The Hall–Kier alpha value is 0.486. The van der Waals surface area contributed by atoms with Crippen molar-refractivity contribution in [2.45, 2.75) is 82.4 Å². The van der Waals surface area contributed by atoms with Crippen molar-refractivity contribution < 1.29 is 58.6 Å². The first-order valence-electron chi connectivity index (χ1n) is 13.6. The average Bonchev–Trinajstić information content (AvgIpc) is 2.84. The van der Waals surface area contributed by atoms with Gasteiger partial charge in [0.05, 0.1) is 0 Å². The first-order valence-corrected chi connectivity index (χ1v) is 24.3. The van der Waals surface area contributed by atoms with E-state index < -0.39 is 41.7 Å². The van der Waals surface area contributed by atoms with Crippen LogP contribution < -0.4 is 3.27 Å². The van der Waals surface area contributed by atoms with Gasteiger partial charge in [-0.2, -0.15) is 0 Å². The predicted octanol–water partition coefficient (Wildman–Crippen LogP) is 7.45. The van der Waals surface area contributed by atoms with Crippen molar-refractivity contribution in [3.8, 4) is 0 Å². The van der Waals surface area contributed by atoms with Crippen LogP contribution in [0.2, 0.25) is 8.26 Å². The van der Waals surface area contributed by atoms with E-state index in [4.69, 9.17) is 16.9 Å². The summed E-state index contributed by atoms with van der Waals surface area (Å²) in [6.07, 6.45) is 6.79. The Bertz CT molecular complexity index is 607. The van der Waals surface area contributed by atoms with Gasteiger partial charge >= 0.3 is 227 Å². The molecule has 0 amide bonds. The summed E-state index contributed by atoms with van der Waals surface area (Å²) in [5, 5.41) is 0. The monoisotopic (exact) mass is 653 g/mol. The van der Waals surface area contributed by atoms with Gasteiger partial charge in [-0.15, -0.1) is 0 Å². The number of benzene rings is 1. The number of allylic oxidation sites excluding steroid dienone is 1.